The number of nitrogens with zero attached hydrogens (tertiary/aromatic N) is 2. The van der Waals surface area contributed by atoms with E-state index < -0.39 is 30.1 Å². The van der Waals surface area contributed by atoms with Gasteiger partial charge in [0.25, 0.3) is 0 Å². The lowest BCUT2D eigenvalue weighted by Gasteiger charge is -2.20. The first-order valence-corrected chi connectivity index (χ1v) is 11.0. The highest BCUT2D eigenvalue weighted by atomic mass is 16.5. The van der Waals surface area contributed by atoms with Crippen molar-refractivity contribution in [1.29, 1.82) is 0 Å². The van der Waals surface area contributed by atoms with Crippen LogP contribution in [0.25, 0.3) is 11.1 Å². The molecule has 3 aromatic rings. The van der Waals surface area contributed by atoms with Crippen LogP contribution in [0.3, 0.4) is 0 Å². The molecule has 4 rings (SSSR count). The summed E-state index contributed by atoms with van der Waals surface area (Å²) in [5, 5.41) is 18.5. The summed E-state index contributed by atoms with van der Waals surface area (Å²) in [4.78, 5) is 36.9. The number of ether oxygens (including phenoxy) is 1. The molecule has 1 aliphatic rings. The van der Waals surface area contributed by atoms with Gasteiger partial charge in [-0.05, 0) is 28.7 Å². The van der Waals surface area contributed by atoms with E-state index in [1.807, 2.05) is 48.5 Å². The van der Waals surface area contributed by atoms with Gasteiger partial charge in [-0.3, -0.25) is 9.48 Å². The fraction of sp³-hybridized carbons (Fsp3) is 0.280. The average molecular weight is 463 g/mol. The van der Waals surface area contributed by atoms with Crippen LogP contribution in [0.15, 0.2) is 60.9 Å². The molecule has 0 spiro atoms. The number of aliphatic carboxylic acids is 1. The highest BCUT2D eigenvalue weighted by Crippen LogP contribution is 2.44. The van der Waals surface area contributed by atoms with Gasteiger partial charge < -0.3 is 20.5 Å². The van der Waals surface area contributed by atoms with Gasteiger partial charge in [-0.15, -0.1) is 0 Å². The molecule has 176 valence electrons. The van der Waals surface area contributed by atoms with E-state index in [0.717, 1.165) is 22.3 Å². The van der Waals surface area contributed by atoms with Gasteiger partial charge in [0.2, 0.25) is 5.91 Å². The van der Waals surface area contributed by atoms with Crippen LogP contribution < -0.4 is 10.6 Å². The van der Waals surface area contributed by atoms with Gasteiger partial charge in [0, 0.05) is 24.7 Å². The number of hydrogen-bond acceptors (Lipinski definition) is 5. The summed E-state index contributed by atoms with van der Waals surface area (Å²) in [6, 6.07) is 13.8. The highest BCUT2D eigenvalue weighted by molar-refractivity contribution is 5.89. The Morgan fingerprint density at radius 2 is 1.68 bits per heavy atom. The lowest BCUT2D eigenvalue weighted by molar-refractivity contribution is -0.142. The van der Waals surface area contributed by atoms with Crippen molar-refractivity contribution >= 4 is 18.0 Å². The zero-order valence-electron chi connectivity index (χ0n) is 18.9. The van der Waals surface area contributed by atoms with Crippen molar-refractivity contribution in [3.05, 3.63) is 77.6 Å². The van der Waals surface area contributed by atoms with Crippen LogP contribution in [0, 0.1) is 0 Å². The lowest BCUT2D eigenvalue weighted by atomic mass is 9.98. The minimum atomic E-state index is -1.28. The van der Waals surface area contributed by atoms with E-state index in [-0.39, 0.29) is 18.9 Å². The molecule has 2 unspecified atom stereocenters. The molecule has 2 amide bonds. The van der Waals surface area contributed by atoms with Crippen LogP contribution in [0.2, 0.25) is 0 Å². The standard InChI is InChI=1S/C25H26N4O5/c1-3-21(23(30)28-22(24(31)32)15-12-26-29(2)13-15)27-25(33)34-14-20-18-10-6-4-8-16(18)17-9-5-7-11-19(17)20/h4-13,20-22H,3,14H2,1-2H3,(H,27,33)(H,28,30)(H,31,32). The first-order chi connectivity index (χ1) is 16.4. The number of fused-ring (bicyclic) bond motifs is 3. The van der Waals surface area contributed by atoms with Gasteiger partial charge in [0.05, 0.1) is 6.20 Å². The Labute approximate surface area is 196 Å². The third-order valence-corrected chi connectivity index (χ3v) is 5.95. The number of carbonyl (C=O) groups excluding carboxylic acids is 2. The Hall–Kier alpha value is -4.14. The number of aromatic nitrogens is 2. The van der Waals surface area contributed by atoms with Gasteiger partial charge >= 0.3 is 12.1 Å². The Morgan fingerprint density at radius 1 is 1.06 bits per heavy atom. The number of nitrogens with one attached hydrogen (secondary N) is 2. The number of alkyl carbamates (subject to hydrolysis) is 1. The molecular weight excluding hydrogens is 436 g/mol. The fourth-order valence-corrected chi connectivity index (χ4v) is 4.26. The Bertz CT molecular complexity index is 1180. The number of rotatable bonds is 8. The predicted molar refractivity (Wildman–Crippen MR) is 124 cm³/mol. The van der Waals surface area contributed by atoms with Gasteiger partial charge in [-0.2, -0.15) is 5.10 Å². The molecule has 1 aromatic heterocycles. The third-order valence-electron chi connectivity index (χ3n) is 5.95. The smallest absolute Gasteiger partial charge is 0.407 e. The molecule has 0 bridgehead atoms. The molecular formula is C25H26N4O5. The molecule has 1 heterocycles. The molecule has 0 fully saturated rings. The van der Waals surface area contributed by atoms with E-state index in [4.69, 9.17) is 4.74 Å². The quantitative estimate of drug-likeness (QED) is 0.473. The van der Waals surface area contributed by atoms with Gasteiger partial charge in [-0.25, -0.2) is 9.59 Å². The average Bonchev–Trinajstić information content (AvgIpc) is 3.40. The first kappa shape index (κ1) is 23.0. The van der Waals surface area contributed by atoms with Crippen molar-refractivity contribution in [2.24, 2.45) is 7.05 Å². The van der Waals surface area contributed by atoms with E-state index >= 15 is 0 Å². The Morgan fingerprint density at radius 3 is 2.21 bits per heavy atom. The van der Waals surface area contributed by atoms with Gasteiger partial charge in [0.1, 0.15) is 12.6 Å². The fourth-order valence-electron chi connectivity index (χ4n) is 4.26. The number of carboxylic acids is 1. The van der Waals surface area contributed by atoms with Crippen molar-refractivity contribution in [3.63, 3.8) is 0 Å². The number of carbonyl (C=O) groups is 3. The molecule has 0 saturated heterocycles. The van der Waals surface area contributed by atoms with E-state index in [9.17, 15) is 19.5 Å². The maximum absolute atomic E-state index is 12.7. The van der Waals surface area contributed by atoms with Crippen molar-refractivity contribution in [2.45, 2.75) is 31.3 Å². The SMILES string of the molecule is CCC(NC(=O)OCC1c2ccccc2-c2ccccc21)C(=O)NC(C(=O)O)c1cnn(C)c1. The molecule has 2 aromatic carbocycles. The summed E-state index contributed by atoms with van der Waals surface area (Å²) < 4.78 is 6.95. The second kappa shape index (κ2) is 9.78. The molecule has 0 aliphatic heterocycles. The number of benzene rings is 2. The van der Waals surface area contributed by atoms with Gasteiger partial charge in [-0.1, -0.05) is 55.5 Å². The predicted octanol–water partition coefficient (Wildman–Crippen LogP) is 2.98. The van der Waals surface area contributed by atoms with E-state index in [1.165, 1.54) is 17.1 Å². The number of aryl methyl sites for hydroxylation is 1. The van der Waals surface area contributed by atoms with Crippen LogP contribution in [-0.2, 0) is 21.4 Å². The number of hydrogen-bond donors (Lipinski definition) is 3. The molecule has 0 radical (unpaired) electrons. The van der Waals surface area contributed by atoms with Crippen LogP contribution in [0.1, 0.15) is 42.0 Å². The summed E-state index contributed by atoms with van der Waals surface area (Å²) in [6.07, 6.45) is 2.41. The van der Waals surface area contributed by atoms with Gasteiger partial charge in [0.15, 0.2) is 6.04 Å². The highest BCUT2D eigenvalue weighted by Gasteiger charge is 2.31. The zero-order chi connectivity index (χ0) is 24.2. The molecule has 1 aliphatic carbocycles. The maximum Gasteiger partial charge on any atom is 0.407 e. The van der Waals surface area contributed by atoms with Crippen molar-refractivity contribution in [2.75, 3.05) is 6.61 Å². The summed E-state index contributed by atoms with van der Waals surface area (Å²) in [5.74, 6) is -1.95. The third kappa shape index (κ3) is 4.63. The first-order valence-electron chi connectivity index (χ1n) is 11.0. The number of amides is 2. The van der Waals surface area contributed by atoms with Crippen LogP contribution in [0.4, 0.5) is 4.79 Å². The Balaban J connectivity index is 1.39. The van der Waals surface area contributed by atoms with Crippen molar-refractivity contribution in [3.8, 4) is 11.1 Å². The van der Waals surface area contributed by atoms with E-state index in [0.29, 0.717) is 5.56 Å². The Kier molecular flexibility index (Phi) is 6.62. The van der Waals surface area contributed by atoms with Crippen LogP contribution >= 0.6 is 0 Å². The largest absolute Gasteiger partial charge is 0.479 e. The van der Waals surface area contributed by atoms with Crippen LogP contribution in [0.5, 0.6) is 0 Å². The summed E-state index contributed by atoms with van der Waals surface area (Å²) in [5.41, 5.74) is 4.74. The molecule has 9 nitrogen and oxygen atoms in total. The maximum atomic E-state index is 12.7. The van der Waals surface area contributed by atoms with E-state index in [2.05, 4.69) is 15.7 Å². The molecule has 0 saturated carbocycles. The lowest BCUT2D eigenvalue weighted by Crippen LogP contribution is -2.48. The number of carboxylic acid groups (broad SMARTS) is 1. The normalized spacial score (nSPS) is 13.9. The second-order valence-electron chi connectivity index (χ2n) is 8.16. The zero-order valence-corrected chi connectivity index (χ0v) is 18.9. The minimum absolute atomic E-state index is 0.103. The van der Waals surface area contributed by atoms with Crippen molar-refractivity contribution < 1.29 is 24.2 Å². The monoisotopic (exact) mass is 462 g/mol. The van der Waals surface area contributed by atoms with E-state index in [1.54, 1.807) is 14.0 Å². The molecule has 3 N–H and O–H groups in total. The molecule has 2 atom stereocenters. The molecule has 9 heteroatoms. The van der Waals surface area contributed by atoms with Crippen LogP contribution in [-0.4, -0.2) is 45.5 Å². The minimum Gasteiger partial charge on any atom is -0.479 e. The second-order valence-corrected chi connectivity index (χ2v) is 8.16. The van der Waals surface area contributed by atoms with Crippen molar-refractivity contribution in [1.82, 2.24) is 20.4 Å². The molecule has 34 heavy (non-hydrogen) atoms. The topological polar surface area (TPSA) is 123 Å². The summed E-state index contributed by atoms with van der Waals surface area (Å²) in [6.45, 7) is 1.83. The summed E-state index contributed by atoms with van der Waals surface area (Å²) >= 11 is 0. The summed E-state index contributed by atoms with van der Waals surface area (Å²) in [7, 11) is 1.65.